The molecule has 2 fully saturated rings. The average Bonchev–Trinajstić information content (AvgIpc) is 3.68. The third-order valence-electron chi connectivity index (χ3n) is 7.15. The van der Waals surface area contributed by atoms with Crippen LogP contribution in [-0.2, 0) is 24.5 Å². The molecule has 10 nitrogen and oxygen atoms in total. The quantitative estimate of drug-likeness (QED) is 0.341. The highest BCUT2D eigenvalue weighted by molar-refractivity contribution is 7.93. The van der Waals surface area contributed by atoms with Crippen molar-refractivity contribution in [3.05, 3.63) is 60.4 Å². The van der Waals surface area contributed by atoms with Crippen LogP contribution >= 0.6 is 0 Å². The number of aryl methyl sites for hydroxylation is 1. The maximum atomic E-state index is 13.5. The normalized spacial score (nSPS) is 19.7. The van der Waals surface area contributed by atoms with E-state index in [1.165, 1.54) is 10.2 Å². The van der Waals surface area contributed by atoms with Gasteiger partial charge < -0.3 is 9.64 Å². The van der Waals surface area contributed by atoms with Crippen molar-refractivity contribution >= 4 is 42.4 Å². The van der Waals surface area contributed by atoms with Crippen molar-refractivity contribution in [1.29, 1.82) is 0 Å². The molecule has 1 aliphatic heterocycles. The molecule has 204 valence electrons. The van der Waals surface area contributed by atoms with Gasteiger partial charge in [-0.05, 0) is 51.0 Å². The topological polar surface area (TPSA) is 120 Å². The van der Waals surface area contributed by atoms with Crippen molar-refractivity contribution in [1.82, 2.24) is 18.9 Å². The van der Waals surface area contributed by atoms with Gasteiger partial charge in [0.1, 0.15) is 5.82 Å². The highest BCUT2D eigenvalue weighted by Crippen LogP contribution is 2.34. The van der Waals surface area contributed by atoms with E-state index in [-0.39, 0.29) is 21.8 Å². The lowest BCUT2D eigenvalue weighted by molar-refractivity contribution is 0.0985. The molecule has 4 aromatic rings. The zero-order valence-corrected chi connectivity index (χ0v) is 23.7. The Balaban J connectivity index is 1.50. The number of pyridine rings is 1. The van der Waals surface area contributed by atoms with Crippen molar-refractivity contribution < 1.29 is 17.4 Å². The Kier molecular flexibility index (Phi) is 6.43. The third-order valence-corrected chi connectivity index (χ3v) is 11.1. The Labute approximate surface area is 228 Å². The summed E-state index contributed by atoms with van der Waals surface area (Å²) in [5, 5.41) is 0.668. The van der Waals surface area contributed by atoms with Crippen LogP contribution in [0.3, 0.4) is 0 Å². The van der Waals surface area contributed by atoms with Gasteiger partial charge in [0, 0.05) is 47.5 Å². The van der Waals surface area contributed by atoms with Crippen LogP contribution in [0.25, 0.3) is 22.4 Å². The van der Waals surface area contributed by atoms with Crippen molar-refractivity contribution in [3.8, 4) is 11.4 Å². The Bertz CT molecular complexity index is 1790. The molecule has 39 heavy (non-hydrogen) atoms. The van der Waals surface area contributed by atoms with Gasteiger partial charge in [-0.15, -0.1) is 0 Å². The van der Waals surface area contributed by atoms with Crippen LogP contribution in [0.4, 0.5) is 11.6 Å². The van der Waals surface area contributed by atoms with Gasteiger partial charge >= 0.3 is 0 Å². The highest BCUT2D eigenvalue weighted by atomic mass is 32.2. The molecule has 4 heterocycles. The number of ether oxygens (including phenoxy) is 1. The minimum absolute atomic E-state index is 0.0790. The van der Waals surface area contributed by atoms with Gasteiger partial charge in [0.05, 0.1) is 33.9 Å². The molecule has 3 aromatic heterocycles. The van der Waals surface area contributed by atoms with E-state index in [0.717, 1.165) is 18.4 Å². The second kappa shape index (κ2) is 9.68. The van der Waals surface area contributed by atoms with E-state index in [1.807, 2.05) is 6.92 Å². The molecule has 0 radical (unpaired) electrons. The molecule has 1 saturated heterocycles. The second-order valence-electron chi connectivity index (χ2n) is 10.2. The summed E-state index contributed by atoms with van der Waals surface area (Å²) in [5.74, 6) is 1.39. The first-order valence-electron chi connectivity index (χ1n) is 12.9. The zero-order valence-electron chi connectivity index (χ0n) is 22.0. The van der Waals surface area contributed by atoms with E-state index >= 15 is 0 Å². The SMILES string of the molecule is Cc1ccc(S(=O)(=O)n2ccc3c(-c4nc(N=S(C)(=O)C5CC5)cc(N5CCOC[C@H]5C)n4)ccnc32)cc1. The lowest BCUT2D eigenvalue weighted by Gasteiger charge is -2.34. The summed E-state index contributed by atoms with van der Waals surface area (Å²) in [6, 6.07) is 12.0. The van der Waals surface area contributed by atoms with Crippen LogP contribution in [-0.4, -0.2) is 68.9 Å². The molecular formula is C27H30N6O4S2. The molecule has 2 atom stereocenters. The van der Waals surface area contributed by atoms with Gasteiger partial charge in [0.25, 0.3) is 10.0 Å². The molecule has 0 amide bonds. The summed E-state index contributed by atoms with van der Waals surface area (Å²) < 4.78 is 51.6. The van der Waals surface area contributed by atoms with Crippen molar-refractivity contribution in [2.75, 3.05) is 30.9 Å². The van der Waals surface area contributed by atoms with Gasteiger partial charge in [-0.2, -0.15) is 4.36 Å². The standard InChI is InChI=1S/C27H30N6O4S2/c1-18-4-6-21(7-5-18)39(35,36)33-13-11-23-22(10-12-28-27(23)33)26-29-24(31-38(3,34)20-8-9-20)16-25(30-26)32-14-15-37-17-19(32)2/h4-7,10-13,16,19-20H,8-9,14-15,17H2,1-3H3/t19-,38?/m1/s1. The van der Waals surface area contributed by atoms with E-state index in [2.05, 4.69) is 21.2 Å². The van der Waals surface area contributed by atoms with Crippen molar-refractivity contribution in [2.24, 2.45) is 4.36 Å². The Morgan fingerprint density at radius 1 is 1.05 bits per heavy atom. The molecule has 6 rings (SSSR count). The van der Waals surface area contributed by atoms with E-state index in [9.17, 15) is 12.6 Å². The van der Waals surface area contributed by atoms with Crippen LogP contribution < -0.4 is 4.90 Å². The van der Waals surface area contributed by atoms with Gasteiger partial charge in [0.2, 0.25) is 0 Å². The van der Waals surface area contributed by atoms with Crippen LogP contribution in [0.15, 0.2) is 64.1 Å². The smallest absolute Gasteiger partial charge is 0.269 e. The monoisotopic (exact) mass is 566 g/mol. The summed E-state index contributed by atoms with van der Waals surface area (Å²) in [4.78, 5) is 16.3. The number of hydrogen-bond donors (Lipinski definition) is 0. The molecule has 1 aliphatic carbocycles. The Morgan fingerprint density at radius 2 is 1.82 bits per heavy atom. The van der Waals surface area contributed by atoms with E-state index < -0.39 is 19.8 Å². The number of hydrogen-bond acceptors (Lipinski definition) is 9. The van der Waals surface area contributed by atoms with E-state index in [1.54, 1.807) is 54.9 Å². The van der Waals surface area contributed by atoms with Crippen LogP contribution in [0.1, 0.15) is 25.3 Å². The number of morpholine rings is 1. The fourth-order valence-corrected chi connectivity index (χ4v) is 7.72. The summed E-state index contributed by atoms with van der Waals surface area (Å²) in [6.07, 6.45) is 6.54. The number of anilines is 1. The zero-order chi connectivity index (χ0) is 27.4. The number of rotatable bonds is 6. The van der Waals surface area contributed by atoms with Crippen LogP contribution in [0.5, 0.6) is 0 Å². The average molecular weight is 567 g/mol. The maximum Gasteiger partial charge on any atom is 0.269 e. The maximum absolute atomic E-state index is 13.5. The minimum atomic E-state index is -3.87. The second-order valence-corrected chi connectivity index (χ2v) is 14.6. The number of fused-ring (bicyclic) bond motifs is 1. The molecule has 0 bridgehead atoms. The predicted molar refractivity (Wildman–Crippen MR) is 151 cm³/mol. The van der Waals surface area contributed by atoms with Crippen molar-refractivity contribution in [3.63, 3.8) is 0 Å². The minimum Gasteiger partial charge on any atom is -0.377 e. The Morgan fingerprint density at radius 3 is 2.54 bits per heavy atom. The molecule has 1 unspecified atom stereocenters. The van der Waals surface area contributed by atoms with Crippen LogP contribution in [0.2, 0.25) is 0 Å². The molecule has 0 spiro atoms. The van der Waals surface area contributed by atoms with Gasteiger partial charge in [0.15, 0.2) is 17.3 Å². The fraction of sp³-hybridized carbons (Fsp3) is 0.370. The predicted octanol–water partition coefficient (Wildman–Crippen LogP) is 4.16. The van der Waals surface area contributed by atoms with E-state index in [4.69, 9.17) is 14.7 Å². The molecule has 1 aromatic carbocycles. The lowest BCUT2D eigenvalue weighted by Crippen LogP contribution is -2.44. The molecule has 2 aliphatic rings. The Hall–Kier alpha value is -3.35. The first-order chi connectivity index (χ1) is 18.6. The third kappa shape index (κ3) is 4.92. The summed E-state index contributed by atoms with van der Waals surface area (Å²) in [6.45, 7) is 5.76. The summed E-state index contributed by atoms with van der Waals surface area (Å²) >= 11 is 0. The fourth-order valence-electron chi connectivity index (χ4n) is 4.80. The number of benzene rings is 1. The first kappa shape index (κ1) is 25.9. The summed E-state index contributed by atoms with van der Waals surface area (Å²) in [7, 11) is -6.32. The summed E-state index contributed by atoms with van der Waals surface area (Å²) in [5.41, 5.74) is 1.86. The highest BCUT2D eigenvalue weighted by Gasteiger charge is 2.31. The largest absolute Gasteiger partial charge is 0.377 e. The van der Waals surface area contributed by atoms with Gasteiger partial charge in [-0.1, -0.05) is 17.7 Å². The molecule has 12 heteroatoms. The first-order valence-corrected chi connectivity index (χ1v) is 16.3. The van der Waals surface area contributed by atoms with Crippen molar-refractivity contribution in [2.45, 2.75) is 42.9 Å². The van der Waals surface area contributed by atoms with E-state index in [0.29, 0.717) is 48.2 Å². The lowest BCUT2D eigenvalue weighted by atomic mass is 10.1. The van der Waals surface area contributed by atoms with Gasteiger partial charge in [-0.3, -0.25) is 0 Å². The van der Waals surface area contributed by atoms with Crippen LogP contribution in [0, 0.1) is 6.92 Å². The van der Waals surface area contributed by atoms with Gasteiger partial charge in [-0.25, -0.2) is 31.6 Å². The molecule has 1 saturated carbocycles. The molecule has 0 N–H and O–H groups in total. The molecular weight excluding hydrogens is 536 g/mol. The number of nitrogens with zero attached hydrogens (tertiary/aromatic N) is 6. The number of aromatic nitrogens is 4.